The Hall–Kier alpha value is -2.72. The van der Waals surface area contributed by atoms with Crippen LogP contribution in [0.25, 0.3) is 28.0 Å². The van der Waals surface area contributed by atoms with Gasteiger partial charge in [-0.1, -0.05) is 23.7 Å². The summed E-state index contributed by atoms with van der Waals surface area (Å²) < 4.78 is 1.84. The first-order valence-electron chi connectivity index (χ1n) is 6.82. The van der Waals surface area contributed by atoms with E-state index in [4.69, 9.17) is 11.6 Å². The third-order valence-electron chi connectivity index (χ3n) is 3.51. The highest BCUT2D eigenvalue weighted by Crippen LogP contribution is 2.28. The van der Waals surface area contributed by atoms with E-state index in [0.29, 0.717) is 5.02 Å². The number of nitrogens with zero attached hydrogens (tertiary/aromatic N) is 4. The van der Waals surface area contributed by atoms with Crippen molar-refractivity contribution in [1.29, 1.82) is 0 Å². The zero-order valence-electron chi connectivity index (χ0n) is 11.5. The molecule has 0 spiro atoms. The SMILES string of the molecule is Clc1cccc(-c2cnn3c(-c4ccncc4)ccnc23)c1. The Kier molecular flexibility index (Phi) is 3.09. The minimum absolute atomic E-state index is 0.696. The number of halogens is 1. The summed E-state index contributed by atoms with van der Waals surface area (Å²) in [4.78, 5) is 8.53. The molecule has 0 N–H and O–H groups in total. The van der Waals surface area contributed by atoms with Crippen molar-refractivity contribution in [3.8, 4) is 22.4 Å². The van der Waals surface area contributed by atoms with E-state index in [0.717, 1.165) is 28.0 Å². The molecule has 4 rings (SSSR count). The molecule has 0 aliphatic rings. The minimum atomic E-state index is 0.696. The van der Waals surface area contributed by atoms with Gasteiger partial charge in [0, 0.05) is 34.7 Å². The number of pyridine rings is 1. The molecule has 0 unspecified atom stereocenters. The average Bonchev–Trinajstić information content (AvgIpc) is 3.00. The number of fused-ring (bicyclic) bond motifs is 1. The monoisotopic (exact) mass is 306 g/mol. The van der Waals surface area contributed by atoms with Crippen molar-refractivity contribution in [2.75, 3.05) is 0 Å². The second-order valence-corrected chi connectivity index (χ2v) is 5.31. The van der Waals surface area contributed by atoms with Crippen molar-refractivity contribution < 1.29 is 0 Å². The van der Waals surface area contributed by atoms with Gasteiger partial charge in [0.1, 0.15) is 0 Å². The molecule has 106 valence electrons. The summed E-state index contributed by atoms with van der Waals surface area (Å²) in [5, 5.41) is 5.19. The van der Waals surface area contributed by atoms with Crippen molar-refractivity contribution in [3.63, 3.8) is 0 Å². The zero-order valence-corrected chi connectivity index (χ0v) is 12.3. The van der Waals surface area contributed by atoms with Gasteiger partial charge in [-0.2, -0.15) is 5.10 Å². The molecule has 0 aliphatic heterocycles. The van der Waals surface area contributed by atoms with E-state index < -0.39 is 0 Å². The normalized spacial score (nSPS) is 11.0. The molecule has 0 fully saturated rings. The summed E-state index contributed by atoms with van der Waals surface area (Å²) in [5.74, 6) is 0. The molecule has 0 bridgehead atoms. The highest BCUT2D eigenvalue weighted by Gasteiger charge is 2.11. The summed E-state index contributed by atoms with van der Waals surface area (Å²) in [7, 11) is 0. The van der Waals surface area contributed by atoms with Crippen LogP contribution in [-0.4, -0.2) is 19.6 Å². The van der Waals surface area contributed by atoms with Crippen LogP contribution < -0.4 is 0 Å². The van der Waals surface area contributed by atoms with Gasteiger partial charge in [-0.25, -0.2) is 9.50 Å². The van der Waals surface area contributed by atoms with Crippen LogP contribution in [0.1, 0.15) is 0 Å². The van der Waals surface area contributed by atoms with E-state index in [1.165, 1.54) is 0 Å². The topological polar surface area (TPSA) is 43.1 Å². The molecule has 4 nitrogen and oxygen atoms in total. The van der Waals surface area contributed by atoms with E-state index in [1.807, 2.05) is 53.2 Å². The van der Waals surface area contributed by atoms with Crippen LogP contribution in [0.3, 0.4) is 0 Å². The number of hydrogen-bond donors (Lipinski definition) is 0. The summed E-state index contributed by atoms with van der Waals surface area (Å²) >= 11 is 6.09. The first-order valence-corrected chi connectivity index (χ1v) is 7.20. The molecule has 0 saturated heterocycles. The van der Waals surface area contributed by atoms with E-state index in [-0.39, 0.29) is 0 Å². The predicted octanol–water partition coefficient (Wildman–Crippen LogP) is 4.11. The standard InChI is InChI=1S/C17H11ClN4/c18-14-3-1-2-13(10-14)15-11-21-22-16(6-9-20-17(15)22)12-4-7-19-8-5-12/h1-11H. The van der Waals surface area contributed by atoms with Crippen molar-refractivity contribution in [2.45, 2.75) is 0 Å². The largest absolute Gasteiger partial charge is 0.265 e. The van der Waals surface area contributed by atoms with Crippen molar-refractivity contribution >= 4 is 17.2 Å². The van der Waals surface area contributed by atoms with Crippen LogP contribution in [-0.2, 0) is 0 Å². The van der Waals surface area contributed by atoms with Gasteiger partial charge in [-0.3, -0.25) is 4.98 Å². The molecular weight excluding hydrogens is 296 g/mol. The van der Waals surface area contributed by atoms with Crippen molar-refractivity contribution in [1.82, 2.24) is 19.6 Å². The average molecular weight is 307 g/mol. The Morgan fingerprint density at radius 2 is 1.77 bits per heavy atom. The van der Waals surface area contributed by atoms with Crippen LogP contribution >= 0.6 is 11.6 Å². The predicted molar refractivity (Wildman–Crippen MR) is 86.7 cm³/mol. The summed E-state index contributed by atoms with van der Waals surface area (Å²) in [6.45, 7) is 0. The molecule has 3 heterocycles. The molecule has 4 aromatic rings. The van der Waals surface area contributed by atoms with Gasteiger partial charge >= 0.3 is 0 Å². The molecular formula is C17H11ClN4. The third-order valence-corrected chi connectivity index (χ3v) is 3.75. The number of benzene rings is 1. The second-order valence-electron chi connectivity index (χ2n) is 4.87. The molecule has 0 amide bonds. The lowest BCUT2D eigenvalue weighted by molar-refractivity contribution is 0.947. The molecule has 0 atom stereocenters. The molecule has 1 aromatic carbocycles. The van der Waals surface area contributed by atoms with Gasteiger partial charge in [0.15, 0.2) is 5.65 Å². The first kappa shape index (κ1) is 13.0. The summed E-state index contributed by atoms with van der Waals surface area (Å²) in [5.41, 5.74) is 4.78. The van der Waals surface area contributed by atoms with Gasteiger partial charge in [-0.05, 0) is 35.9 Å². The van der Waals surface area contributed by atoms with Crippen LogP contribution in [0.5, 0.6) is 0 Å². The Morgan fingerprint density at radius 1 is 0.909 bits per heavy atom. The maximum absolute atomic E-state index is 6.09. The quantitative estimate of drug-likeness (QED) is 0.559. The van der Waals surface area contributed by atoms with Crippen LogP contribution in [0.15, 0.2) is 67.3 Å². The van der Waals surface area contributed by atoms with E-state index in [2.05, 4.69) is 15.1 Å². The van der Waals surface area contributed by atoms with Crippen LogP contribution in [0.4, 0.5) is 0 Å². The Labute approximate surface area is 132 Å². The first-order chi connectivity index (χ1) is 10.8. The molecule has 0 saturated carbocycles. The van der Waals surface area contributed by atoms with E-state index in [1.54, 1.807) is 18.6 Å². The van der Waals surface area contributed by atoms with E-state index >= 15 is 0 Å². The lowest BCUT2D eigenvalue weighted by Gasteiger charge is -2.05. The Bertz CT molecular complexity index is 947. The summed E-state index contributed by atoms with van der Waals surface area (Å²) in [6, 6.07) is 13.5. The lowest BCUT2D eigenvalue weighted by Crippen LogP contribution is -1.95. The highest BCUT2D eigenvalue weighted by molar-refractivity contribution is 6.30. The van der Waals surface area contributed by atoms with Crippen LogP contribution in [0.2, 0.25) is 5.02 Å². The second kappa shape index (κ2) is 5.24. The van der Waals surface area contributed by atoms with Gasteiger partial charge in [0.25, 0.3) is 0 Å². The Balaban J connectivity index is 1.94. The molecule has 0 aliphatic carbocycles. The maximum atomic E-state index is 6.09. The summed E-state index contributed by atoms with van der Waals surface area (Å²) in [6.07, 6.45) is 7.14. The lowest BCUT2D eigenvalue weighted by atomic mass is 10.1. The number of hydrogen-bond acceptors (Lipinski definition) is 3. The molecule has 0 radical (unpaired) electrons. The van der Waals surface area contributed by atoms with Gasteiger partial charge in [0.2, 0.25) is 0 Å². The fraction of sp³-hybridized carbons (Fsp3) is 0. The highest BCUT2D eigenvalue weighted by atomic mass is 35.5. The fourth-order valence-corrected chi connectivity index (χ4v) is 2.68. The molecule has 3 aromatic heterocycles. The van der Waals surface area contributed by atoms with Crippen LogP contribution in [0, 0.1) is 0 Å². The van der Waals surface area contributed by atoms with Gasteiger partial charge in [-0.15, -0.1) is 0 Å². The van der Waals surface area contributed by atoms with Crippen molar-refractivity contribution in [2.24, 2.45) is 0 Å². The Morgan fingerprint density at radius 3 is 2.59 bits per heavy atom. The fourth-order valence-electron chi connectivity index (χ4n) is 2.49. The zero-order chi connectivity index (χ0) is 14.9. The smallest absolute Gasteiger partial charge is 0.163 e. The molecule has 22 heavy (non-hydrogen) atoms. The van der Waals surface area contributed by atoms with Gasteiger partial charge in [0.05, 0.1) is 11.9 Å². The minimum Gasteiger partial charge on any atom is -0.265 e. The van der Waals surface area contributed by atoms with E-state index in [9.17, 15) is 0 Å². The molecule has 5 heteroatoms. The van der Waals surface area contributed by atoms with Crippen molar-refractivity contribution in [3.05, 3.63) is 72.3 Å². The maximum Gasteiger partial charge on any atom is 0.163 e. The number of aromatic nitrogens is 4. The van der Waals surface area contributed by atoms with Gasteiger partial charge < -0.3 is 0 Å². The third kappa shape index (κ3) is 2.14. The number of rotatable bonds is 2.